The molecule has 0 aliphatic carbocycles. The molecule has 0 aliphatic heterocycles. The van der Waals surface area contributed by atoms with Crippen LogP contribution in [0.5, 0.6) is 0 Å². The summed E-state index contributed by atoms with van der Waals surface area (Å²) in [5.41, 5.74) is 3.87. The standard InChI is InChI=1S/C13H8N6/c14-8-12(9-15)19-18-11-4-1-3-10(7-11)13-16-5-2-6-17-13/h1-7,18H. The molecule has 90 valence electrons. The average molecular weight is 248 g/mol. The lowest BCUT2D eigenvalue weighted by Gasteiger charge is -2.03. The molecule has 19 heavy (non-hydrogen) atoms. The number of hydrogen-bond acceptors (Lipinski definition) is 6. The third-order valence-electron chi connectivity index (χ3n) is 2.20. The van der Waals surface area contributed by atoms with E-state index in [0.29, 0.717) is 11.5 Å². The quantitative estimate of drug-likeness (QED) is 0.661. The van der Waals surface area contributed by atoms with Crippen LogP contribution in [-0.4, -0.2) is 15.7 Å². The third kappa shape index (κ3) is 3.11. The van der Waals surface area contributed by atoms with Gasteiger partial charge in [0.15, 0.2) is 5.82 Å². The van der Waals surface area contributed by atoms with Gasteiger partial charge in [-0.05, 0) is 18.2 Å². The molecule has 0 aliphatic rings. The van der Waals surface area contributed by atoms with E-state index in [9.17, 15) is 0 Å². The molecule has 0 fully saturated rings. The second-order valence-corrected chi connectivity index (χ2v) is 3.45. The zero-order valence-corrected chi connectivity index (χ0v) is 9.78. The largest absolute Gasteiger partial charge is 0.276 e. The van der Waals surface area contributed by atoms with Crippen molar-refractivity contribution in [1.29, 1.82) is 10.5 Å². The molecule has 0 saturated heterocycles. The predicted molar refractivity (Wildman–Crippen MR) is 69.8 cm³/mol. The van der Waals surface area contributed by atoms with E-state index in [1.807, 2.05) is 12.1 Å². The van der Waals surface area contributed by atoms with Crippen LogP contribution in [-0.2, 0) is 0 Å². The lowest BCUT2D eigenvalue weighted by Crippen LogP contribution is -1.96. The Balaban J connectivity index is 2.24. The van der Waals surface area contributed by atoms with Crippen molar-refractivity contribution in [3.63, 3.8) is 0 Å². The highest BCUT2D eigenvalue weighted by Crippen LogP contribution is 2.18. The zero-order valence-electron chi connectivity index (χ0n) is 9.78. The van der Waals surface area contributed by atoms with Crippen LogP contribution in [0, 0.1) is 22.7 Å². The van der Waals surface area contributed by atoms with Gasteiger partial charge < -0.3 is 0 Å². The molecule has 0 unspecified atom stereocenters. The van der Waals surface area contributed by atoms with Gasteiger partial charge in [0, 0.05) is 18.0 Å². The van der Waals surface area contributed by atoms with Gasteiger partial charge in [0.1, 0.15) is 12.1 Å². The van der Waals surface area contributed by atoms with E-state index in [2.05, 4.69) is 20.5 Å². The van der Waals surface area contributed by atoms with Crippen molar-refractivity contribution < 1.29 is 0 Å². The van der Waals surface area contributed by atoms with Crippen molar-refractivity contribution in [2.24, 2.45) is 5.10 Å². The van der Waals surface area contributed by atoms with Crippen LogP contribution in [0.25, 0.3) is 11.4 Å². The first-order chi connectivity index (χ1) is 9.33. The van der Waals surface area contributed by atoms with Crippen molar-refractivity contribution in [2.75, 3.05) is 5.43 Å². The fourth-order valence-corrected chi connectivity index (χ4v) is 1.37. The topological polar surface area (TPSA) is 97.8 Å². The Hall–Kier alpha value is -3.25. The van der Waals surface area contributed by atoms with E-state index in [4.69, 9.17) is 10.5 Å². The third-order valence-corrected chi connectivity index (χ3v) is 2.20. The number of nitriles is 2. The van der Waals surface area contributed by atoms with E-state index >= 15 is 0 Å². The van der Waals surface area contributed by atoms with Crippen LogP contribution < -0.4 is 5.43 Å². The maximum absolute atomic E-state index is 8.57. The number of anilines is 1. The fraction of sp³-hybridized carbons (Fsp3) is 0. The maximum Gasteiger partial charge on any atom is 0.237 e. The molecule has 0 bridgehead atoms. The molecule has 0 saturated carbocycles. The normalized spacial score (nSPS) is 8.95. The number of benzene rings is 1. The number of hydrogen-bond donors (Lipinski definition) is 1. The summed E-state index contributed by atoms with van der Waals surface area (Å²) in [5, 5.41) is 20.8. The average Bonchev–Trinajstić information content (AvgIpc) is 2.49. The van der Waals surface area contributed by atoms with Crippen molar-refractivity contribution >= 4 is 11.4 Å². The number of hydrazone groups is 1. The van der Waals surface area contributed by atoms with Gasteiger partial charge in [-0.15, -0.1) is 0 Å². The van der Waals surface area contributed by atoms with Crippen molar-refractivity contribution in [3.8, 4) is 23.5 Å². The highest BCUT2D eigenvalue weighted by Gasteiger charge is 2.01. The van der Waals surface area contributed by atoms with Crippen LogP contribution in [0.3, 0.4) is 0 Å². The van der Waals surface area contributed by atoms with Gasteiger partial charge in [0.05, 0.1) is 5.69 Å². The summed E-state index contributed by atoms with van der Waals surface area (Å²) in [6, 6.07) is 12.3. The van der Waals surface area contributed by atoms with Crippen LogP contribution >= 0.6 is 0 Å². The summed E-state index contributed by atoms with van der Waals surface area (Å²) in [4.78, 5) is 8.28. The highest BCUT2D eigenvalue weighted by molar-refractivity contribution is 6.10. The summed E-state index contributed by atoms with van der Waals surface area (Å²) in [5.74, 6) is 0.593. The molecule has 1 aromatic heterocycles. The molecule has 1 aromatic carbocycles. The van der Waals surface area contributed by atoms with Gasteiger partial charge in [-0.25, -0.2) is 9.97 Å². The number of nitrogens with one attached hydrogen (secondary N) is 1. The summed E-state index contributed by atoms with van der Waals surface area (Å²) >= 11 is 0. The Bertz CT molecular complexity index is 662. The van der Waals surface area contributed by atoms with Crippen LogP contribution in [0.1, 0.15) is 0 Å². The van der Waals surface area contributed by atoms with Crippen LogP contribution in [0.2, 0.25) is 0 Å². The Morgan fingerprint density at radius 3 is 2.53 bits per heavy atom. The number of nitrogens with zero attached hydrogens (tertiary/aromatic N) is 5. The van der Waals surface area contributed by atoms with E-state index < -0.39 is 0 Å². The lowest BCUT2D eigenvalue weighted by atomic mass is 10.2. The molecule has 6 nitrogen and oxygen atoms in total. The van der Waals surface area contributed by atoms with E-state index in [1.165, 1.54) is 0 Å². The molecular weight excluding hydrogens is 240 g/mol. The van der Waals surface area contributed by atoms with Gasteiger partial charge in [0.25, 0.3) is 0 Å². The van der Waals surface area contributed by atoms with Crippen molar-refractivity contribution in [2.45, 2.75) is 0 Å². The lowest BCUT2D eigenvalue weighted by molar-refractivity contribution is 1.17. The molecule has 0 atom stereocenters. The minimum Gasteiger partial charge on any atom is -0.276 e. The van der Waals surface area contributed by atoms with Crippen molar-refractivity contribution in [3.05, 3.63) is 42.7 Å². The molecule has 1 N–H and O–H groups in total. The second kappa shape index (κ2) is 5.89. The summed E-state index contributed by atoms with van der Waals surface area (Å²) in [6.45, 7) is 0. The molecule has 1 heterocycles. The first-order valence-corrected chi connectivity index (χ1v) is 5.35. The predicted octanol–water partition coefficient (Wildman–Crippen LogP) is 1.96. The number of rotatable bonds is 3. The minimum absolute atomic E-state index is 0.235. The molecule has 0 amide bonds. The van der Waals surface area contributed by atoms with Gasteiger partial charge in [-0.2, -0.15) is 15.6 Å². The molecule has 2 aromatic rings. The Labute approximate surface area is 109 Å². The van der Waals surface area contributed by atoms with Gasteiger partial charge >= 0.3 is 0 Å². The van der Waals surface area contributed by atoms with Crippen molar-refractivity contribution in [1.82, 2.24) is 9.97 Å². The van der Waals surface area contributed by atoms with Gasteiger partial charge in [-0.1, -0.05) is 12.1 Å². The molecule has 0 spiro atoms. The molecular formula is C13H8N6. The maximum atomic E-state index is 8.57. The highest BCUT2D eigenvalue weighted by atomic mass is 15.3. The van der Waals surface area contributed by atoms with Gasteiger partial charge in [0.2, 0.25) is 5.71 Å². The first kappa shape index (κ1) is 12.2. The fourth-order valence-electron chi connectivity index (χ4n) is 1.37. The van der Waals surface area contributed by atoms with E-state index in [1.54, 1.807) is 42.7 Å². The van der Waals surface area contributed by atoms with E-state index in [0.717, 1.165) is 5.56 Å². The summed E-state index contributed by atoms with van der Waals surface area (Å²) < 4.78 is 0. The van der Waals surface area contributed by atoms with Crippen LogP contribution in [0.15, 0.2) is 47.8 Å². The smallest absolute Gasteiger partial charge is 0.237 e. The molecule has 6 heteroatoms. The Morgan fingerprint density at radius 1 is 1.11 bits per heavy atom. The minimum atomic E-state index is -0.235. The molecule has 0 radical (unpaired) electrons. The molecule has 2 rings (SSSR count). The van der Waals surface area contributed by atoms with E-state index in [-0.39, 0.29) is 5.71 Å². The summed E-state index contributed by atoms with van der Waals surface area (Å²) in [6.07, 6.45) is 3.31. The summed E-state index contributed by atoms with van der Waals surface area (Å²) in [7, 11) is 0. The Morgan fingerprint density at radius 2 is 1.84 bits per heavy atom. The van der Waals surface area contributed by atoms with Crippen LogP contribution in [0.4, 0.5) is 5.69 Å². The Kier molecular flexibility index (Phi) is 3.79. The number of aromatic nitrogens is 2. The zero-order chi connectivity index (χ0) is 13.5. The first-order valence-electron chi connectivity index (χ1n) is 5.35. The SMILES string of the molecule is N#CC(C#N)=NNc1cccc(-c2ncccn2)c1. The van der Waals surface area contributed by atoms with Gasteiger partial charge in [-0.3, -0.25) is 5.43 Å². The second-order valence-electron chi connectivity index (χ2n) is 3.45. The monoisotopic (exact) mass is 248 g/mol.